The molecule has 4 aromatic rings. The van der Waals surface area contributed by atoms with Crippen molar-refractivity contribution in [3.05, 3.63) is 64.9 Å². The van der Waals surface area contributed by atoms with Gasteiger partial charge in [-0.2, -0.15) is 0 Å². The van der Waals surface area contributed by atoms with Crippen LogP contribution in [0.5, 0.6) is 5.75 Å². The predicted octanol–water partition coefficient (Wildman–Crippen LogP) is 5.26. The fourth-order valence-electron chi connectivity index (χ4n) is 3.29. The van der Waals surface area contributed by atoms with Crippen LogP contribution >= 0.6 is 23.1 Å². The van der Waals surface area contributed by atoms with Crippen LogP contribution in [0.15, 0.2) is 65.1 Å². The van der Waals surface area contributed by atoms with E-state index < -0.39 is 0 Å². The number of ether oxygens (including phenoxy) is 1. The molecule has 0 bridgehead atoms. The Balaban J connectivity index is 1.49. The molecule has 2 aromatic carbocycles. The molecule has 0 aliphatic carbocycles. The number of methoxy groups -OCH3 is 1. The molecule has 0 radical (unpaired) electrons. The van der Waals surface area contributed by atoms with Gasteiger partial charge in [0.1, 0.15) is 5.75 Å². The van der Waals surface area contributed by atoms with Crippen molar-refractivity contribution in [2.75, 3.05) is 18.2 Å². The number of benzene rings is 2. The summed E-state index contributed by atoms with van der Waals surface area (Å²) in [6.07, 6.45) is 0. The summed E-state index contributed by atoms with van der Waals surface area (Å²) in [7, 11) is 3.53. The smallest absolute Gasteiger partial charge is 0.234 e. The first kappa shape index (κ1) is 21.1. The number of thioether (sulfide) groups is 1. The first-order valence-electron chi connectivity index (χ1n) is 9.67. The van der Waals surface area contributed by atoms with E-state index in [1.54, 1.807) is 24.5 Å². The Kier molecular flexibility index (Phi) is 6.39. The average Bonchev–Trinajstić information content (AvgIpc) is 3.35. The zero-order chi connectivity index (χ0) is 21.8. The van der Waals surface area contributed by atoms with Crippen LogP contribution in [0.1, 0.15) is 4.88 Å². The topological polar surface area (TPSA) is 69.0 Å². The van der Waals surface area contributed by atoms with Crippen LogP contribution in [0.3, 0.4) is 0 Å². The lowest BCUT2D eigenvalue weighted by atomic mass is 10.0. The second-order valence-corrected chi connectivity index (χ2v) is 8.91. The molecular weight excluding hydrogens is 428 g/mol. The maximum Gasteiger partial charge on any atom is 0.234 e. The summed E-state index contributed by atoms with van der Waals surface area (Å²) in [5, 5.41) is 14.4. The van der Waals surface area contributed by atoms with E-state index in [4.69, 9.17) is 4.74 Å². The monoisotopic (exact) mass is 450 g/mol. The average molecular weight is 451 g/mol. The van der Waals surface area contributed by atoms with Crippen molar-refractivity contribution >= 4 is 34.7 Å². The van der Waals surface area contributed by atoms with Gasteiger partial charge in [0.15, 0.2) is 11.0 Å². The molecular formula is C23H22N4O2S2. The maximum absolute atomic E-state index is 12.4. The van der Waals surface area contributed by atoms with Gasteiger partial charge in [0.05, 0.1) is 12.9 Å². The van der Waals surface area contributed by atoms with Crippen molar-refractivity contribution < 1.29 is 9.53 Å². The third-order valence-corrected chi connectivity index (χ3v) is 6.73. The molecule has 0 aliphatic rings. The highest BCUT2D eigenvalue weighted by Gasteiger charge is 2.19. The summed E-state index contributed by atoms with van der Waals surface area (Å²) in [5.41, 5.74) is 4.08. The van der Waals surface area contributed by atoms with Crippen molar-refractivity contribution in [2.45, 2.75) is 12.1 Å². The number of rotatable bonds is 7. The lowest BCUT2D eigenvalue weighted by Crippen LogP contribution is -2.14. The summed E-state index contributed by atoms with van der Waals surface area (Å²) in [6.45, 7) is 2.12. The molecule has 4 rings (SSSR count). The van der Waals surface area contributed by atoms with Crippen molar-refractivity contribution in [3.63, 3.8) is 0 Å². The molecule has 1 N–H and O–H groups in total. The molecule has 0 saturated heterocycles. The minimum atomic E-state index is -0.112. The van der Waals surface area contributed by atoms with Gasteiger partial charge in [0.25, 0.3) is 0 Å². The van der Waals surface area contributed by atoms with Crippen LogP contribution in [0, 0.1) is 6.92 Å². The number of amides is 1. The number of hydrogen-bond acceptors (Lipinski definition) is 6. The van der Waals surface area contributed by atoms with Crippen LogP contribution in [-0.4, -0.2) is 33.5 Å². The number of aryl methyl sites for hydroxylation is 1. The van der Waals surface area contributed by atoms with E-state index in [1.807, 2.05) is 48.0 Å². The number of nitrogens with one attached hydrogen (secondary N) is 1. The van der Waals surface area contributed by atoms with E-state index in [0.717, 1.165) is 17.0 Å². The molecule has 0 aliphatic heterocycles. The van der Waals surface area contributed by atoms with Crippen molar-refractivity contribution in [1.82, 2.24) is 14.8 Å². The molecule has 0 saturated carbocycles. The molecule has 2 heterocycles. The molecule has 31 heavy (non-hydrogen) atoms. The van der Waals surface area contributed by atoms with Gasteiger partial charge in [-0.3, -0.25) is 4.79 Å². The summed E-state index contributed by atoms with van der Waals surface area (Å²) in [6, 6.07) is 17.6. The van der Waals surface area contributed by atoms with E-state index in [9.17, 15) is 4.79 Å². The van der Waals surface area contributed by atoms with Crippen LogP contribution in [-0.2, 0) is 11.8 Å². The van der Waals surface area contributed by atoms with E-state index in [0.29, 0.717) is 16.6 Å². The molecule has 6 nitrogen and oxygen atoms in total. The van der Waals surface area contributed by atoms with Gasteiger partial charge >= 0.3 is 0 Å². The van der Waals surface area contributed by atoms with Crippen LogP contribution in [0.2, 0.25) is 0 Å². The quantitative estimate of drug-likeness (QED) is 0.389. The SMILES string of the molecule is COc1cccc(NC(=O)CSc2nnc(-c3csc(C)c3-c3ccccc3)n2C)c1. The van der Waals surface area contributed by atoms with Crippen LogP contribution in [0.25, 0.3) is 22.5 Å². The summed E-state index contributed by atoms with van der Waals surface area (Å²) in [5.74, 6) is 1.61. The summed E-state index contributed by atoms with van der Waals surface area (Å²) >= 11 is 3.06. The van der Waals surface area contributed by atoms with Crippen molar-refractivity contribution in [2.24, 2.45) is 7.05 Å². The molecule has 1 amide bonds. The lowest BCUT2D eigenvalue weighted by molar-refractivity contribution is -0.113. The third kappa shape index (κ3) is 4.65. The third-order valence-electron chi connectivity index (χ3n) is 4.80. The molecule has 0 atom stereocenters. The minimum Gasteiger partial charge on any atom is -0.497 e. The lowest BCUT2D eigenvalue weighted by Gasteiger charge is -2.08. The molecule has 0 unspecified atom stereocenters. The predicted molar refractivity (Wildman–Crippen MR) is 127 cm³/mol. The van der Waals surface area contributed by atoms with Gasteiger partial charge in [-0.25, -0.2) is 0 Å². The zero-order valence-corrected chi connectivity index (χ0v) is 19.1. The van der Waals surface area contributed by atoms with E-state index in [1.165, 1.54) is 22.2 Å². The number of hydrogen-bond donors (Lipinski definition) is 1. The molecule has 158 valence electrons. The van der Waals surface area contributed by atoms with Gasteiger partial charge in [-0.05, 0) is 24.6 Å². The van der Waals surface area contributed by atoms with E-state index >= 15 is 0 Å². The number of carbonyl (C=O) groups excluding carboxylic acids is 1. The first-order valence-corrected chi connectivity index (χ1v) is 11.5. The second kappa shape index (κ2) is 9.36. The van der Waals surface area contributed by atoms with Gasteiger partial charge < -0.3 is 14.6 Å². The van der Waals surface area contributed by atoms with E-state index in [2.05, 4.69) is 40.0 Å². The number of carbonyl (C=O) groups is 1. The number of anilines is 1. The minimum absolute atomic E-state index is 0.112. The van der Waals surface area contributed by atoms with Crippen LogP contribution in [0.4, 0.5) is 5.69 Å². The van der Waals surface area contributed by atoms with Crippen LogP contribution < -0.4 is 10.1 Å². The molecule has 0 spiro atoms. The standard InChI is InChI=1S/C23H22N4O2S2/c1-15-21(16-8-5-4-6-9-16)19(13-30-15)22-25-26-23(27(22)2)31-14-20(28)24-17-10-7-11-18(12-17)29-3/h4-13H,14H2,1-3H3,(H,24,28). The number of nitrogens with zero attached hydrogens (tertiary/aromatic N) is 3. The highest BCUT2D eigenvalue weighted by molar-refractivity contribution is 7.99. The van der Waals surface area contributed by atoms with Crippen molar-refractivity contribution in [1.29, 1.82) is 0 Å². The summed E-state index contributed by atoms with van der Waals surface area (Å²) < 4.78 is 7.13. The van der Waals surface area contributed by atoms with E-state index in [-0.39, 0.29) is 11.7 Å². The number of thiophene rings is 1. The fraction of sp³-hybridized carbons (Fsp3) is 0.174. The zero-order valence-electron chi connectivity index (χ0n) is 17.5. The Morgan fingerprint density at radius 2 is 1.97 bits per heavy atom. The second-order valence-electron chi connectivity index (χ2n) is 6.88. The Hall–Kier alpha value is -3.10. The fourth-order valence-corrected chi connectivity index (χ4v) is 4.86. The maximum atomic E-state index is 12.4. The Morgan fingerprint density at radius 3 is 2.74 bits per heavy atom. The normalized spacial score (nSPS) is 10.8. The number of aromatic nitrogens is 3. The molecule has 8 heteroatoms. The highest BCUT2D eigenvalue weighted by atomic mass is 32.2. The summed E-state index contributed by atoms with van der Waals surface area (Å²) in [4.78, 5) is 13.6. The van der Waals surface area contributed by atoms with Gasteiger partial charge in [-0.1, -0.05) is 48.2 Å². The largest absolute Gasteiger partial charge is 0.497 e. The highest BCUT2D eigenvalue weighted by Crippen LogP contribution is 2.38. The van der Waals surface area contributed by atoms with Gasteiger partial charge in [0.2, 0.25) is 5.91 Å². The van der Waals surface area contributed by atoms with Gasteiger partial charge in [0, 0.05) is 40.2 Å². The van der Waals surface area contributed by atoms with Crippen molar-refractivity contribution in [3.8, 4) is 28.3 Å². The first-order chi connectivity index (χ1) is 15.1. The Bertz CT molecular complexity index is 1200. The molecule has 2 aromatic heterocycles. The molecule has 0 fully saturated rings. The Labute approximate surface area is 189 Å². The Morgan fingerprint density at radius 1 is 1.16 bits per heavy atom. The van der Waals surface area contributed by atoms with Gasteiger partial charge in [-0.15, -0.1) is 21.5 Å².